The Morgan fingerprint density at radius 2 is 1.74 bits per heavy atom. The van der Waals surface area contributed by atoms with Crippen LogP contribution in [0.2, 0.25) is 0 Å². The lowest BCUT2D eigenvalue weighted by Crippen LogP contribution is -2.37. The topological polar surface area (TPSA) is 85.5 Å². The largest absolute Gasteiger partial charge is 0.459 e. The molecule has 8 nitrogen and oxygen atoms in total. The molecule has 1 saturated heterocycles. The summed E-state index contributed by atoms with van der Waals surface area (Å²) in [6, 6.07) is 19.6. The third-order valence-corrected chi connectivity index (χ3v) is 6.40. The zero-order chi connectivity index (χ0) is 23.6. The van der Waals surface area contributed by atoms with Crippen molar-refractivity contribution in [2.24, 2.45) is 0 Å². The van der Waals surface area contributed by atoms with Gasteiger partial charge in [-0.1, -0.05) is 24.3 Å². The fourth-order valence-electron chi connectivity index (χ4n) is 4.52. The molecule has 1 fully saturated rings. The highest BCUT2D eigenvalue weighted by Gasteiger charge is 2.22. The molecule has 1 aliphatic rings. The van der Waals surface area contributed by atoms with E-state index in [2.05, 4.69) is 37.5 Å². The summed E-state index contributed by atoms with van der Waals surface area (Å²) in [4.78, 5) is 6.57. The number of nitrogens with zero attached hydrogens (tertiary/aromatic N) is 4. The van der Waals surface area contributed by atoms with Crippen LogP contribution in [0.25, 0.3) is 21.9 Å². The first-order chi connectivity index (χ1) is 17.3. The third kappa shape index (κ3) is 4.24. The van der Waals surface area contributed by atoms with Gasteiger partial charge in [-0.2, -0.15) is 0 Å². The number of ether oxygens (including phenoxy) is 2. The predicted octanol–water partition coefficient (Wildman–Crippen LogP) is 5.92. The van der Waals surface area contributed by atoms with Crippen LogP contribution in [-0.2, 0) is 4.74 Å². The monoisotopic (exact) mass is 467 g/mol. The Kier molecular flexibility index (Phi) is 5.64. The number of hydrogen-bond acceptors (Lipinski definition) is 8. The van der Waals surface area contributed by atoms with Gasteiger partial charge in [0, 0.05) is 55.0 Å². The number of methoxy groups -OCH3 is 1. The van der Waals surface area contributed by atoms with E-state index in [4.69, 9.17) is 13.9 Å². The van der Waals surface area contributed by atoms with E-state index in [9.17, 15) is 0 Å². The average Bonchev–Trinajstić information content (AvgIpc) is 3.40. The van der Waals surface area contributed by atoms with E-state index in [1.54, 1.807) is 25.6 Å². The molecule has 0 radical (unpaired) electrons. The molecule has 8 heteroatoms. The Hall–Kier alpha value is -4.17. The SMILES string of the molecule is COC1CCN(c2nnc(Nc3ccc(Oc4ccnc5ccoc45)cc3)c3ccccc23)CC1. The van der Waals surface area contributed by atoms with Gasteiger partial charge in [-0.15, -0.1) is 10.2 Å². The molecule has 0 unspecified atom stereocenters. The molecular weight excluding hydrogens is 442 g/mol. The number of furan rings is 1. The minimum atomic E-state index is 0.321. The van der Waals surface area contributed by atoms with Crippen molar-refractivity contribution in [3.63, 3.8) is 0 Å². The maximum atomic E-state index is 6.02. The minimum Gasteiger partial charge on any atom is -0.459 e. The first-order valence-corrected chi connectivity index (χ1v) is 11.7. The number of pyridine rings is 1. The van der Waals surface area contributed by atoms with Crippen LogP contribution < -0.4 is 15.0 Å². The lowest BCUT2D eigenvalue weighted by atomic mass is 10.1. The fourth-order valence-corrected chi connectivity index (χ4v) is 4.52. The van der Waals surface area contributed by atoms with Gasteiger partial charge in [0.25, 0.3) is 0 Å². The van der Waals surface area contributed by atoms with Crippen LogP contribution in [0.5, 0.6) is 11.5 Å². The maximum Gasteiger partial charge on any atom is 0.194 e. The first-order valence-electron chi connectivity index (χ1n) is 11.7. The Bertz CT molecular complexity index is 1460. The van der Waals surface area contributed by atoms with E-state index in [1.165, 1.54) is 0 Å². The third-order valence-electron chi connectivity index (χ3n) is 6.40. The van der Waals surface area contributed by atoms with Crippen LogP contribution in [0, 0.1) is 0 Å². The number of fused-ring (bicyclic) bond motifs is 2. The lowest BCUT2D eigenvalue weighted by Gasteiger charge is -2.32. The molecule has 0 bridgehead atoms. The molecule has 1 aliphatic heterocycles. The standard InChI is InChI=1S/C27H25N5O3/c1-33-19-11-15-32(16-12-19)27-22-5-3-2-4-21(22)26(30-31-27)29-18-6-8-20(9-7-18)35-24-10-14-28-23-13-17-34-25(23)24/h2-10,13-14,17,19H,11-12,15-16H2,1H3,(H,29,30). The van der Waals surface area contributed by atoms with Gasteiger partial charge in [0.05, 0.1) is 12.4 Å². The van der Waals surface area contributed by atoms with Gasteiger partial charge in [-0.05, 0) is 37.1 Å². The molecule has 4 heterocycles. The summed E-state index contributed by atoms with van der Waals surface area (Å²) in [5.74, 6) is 2.97. The molecule has 6 rings (SSSR count). The second-order valence-electron chi connectivity index (χ2n) is 8.54. The van der Waals surface area contributed by atoms with E-state index in [1.807, 2.05) is 42.5 Å². The van der Waals surface area contributed by atoms with Crippen molar-refractivity contribution in [2.75, 3.05) is 30.4 Å². The van der Waals surface area contributed by atoms with Gasteiger partial charge in [0.2, 0.25) is 0 Å². The summed E-state index contributed by atoms with van der Waals surface area (Å²) in [6.45, 7) is 1.82. The summed E-state index contributed by atoms with van der Waals surface area (Å²) in [5.41, 5.74) is 2.28. The molecule has 3 aromatic heterocycles. The fraction of sp³-hybridized carbons (Fsp3) is 0.222. The zero-order valence-corrected chi connectivity index (χ0v) is 19.3. The van der Waals surface area contributed by atoms with Gasteiger partial charge in [-0.25, -0.2) is 0 Å². The van der Waals surface area contributed by atoms with Crippen LogP contribution in [0.4, 0.5) is 17.3 Å². The van der Waals surface area contributed by atoms with Crippen molar-refractivity contribution in [3.05, 3.63) is 73.1 Å². The van der Waals surface area contributed by atoms with E-state index in [-0.39, 0.29) is 0 Å². The minimum absolute atomic E-state index is 0.321. The predicted molar refractivity (Wildman–Crippen MR) is 136 cm³/mol. The van der Waals surface area contributed by atoms with E-state index < -0.39 is 0 Å². The molecule has 2 aromatic carbocycles. The number of aromatic nitrogens is 3. The number of nitrogens with one attached hydrogen (secondary N) is 1. The summed E-state index contributed by atoms with van der Waals surface area (Å²) < 4.78 is 17.0. The summed E-state index contributed by atoms with van der Waals surface area (Å²) in [6.07, 6.45) is 5.62. The Morgan fingerprint density at radius 3 is 2.54 bits per heavy atom. The number of piperidine rings is 1. The summed E-state index contributed by atoms with van der Waals surface area (Å²) in [7, 11) is 1.78. The number of anilines is 3. The van der Waals surface area contributed by atoms with Crippen molar-refractivity contribution < 1.29 is 13.9 Å². The quantitative estimate of drug-likeness (QED) is 0.329. The highest BCUT2D eigenvalue weighted by molar-refractivity contribution is 5.99. The Balaban J connectivity index is 1.22. The van der Waals surface area contributed by atoms with E-state index in [0.717, 1.165) is 59.5 Å². The normalized spacial score (nSPS) is 14.5. The second kappa shape index (κ2) is 9.23. The summed E-state index contributed by atoms with van der Waals surface area (Å²) >= 11 is 0. The number of benzene rings is 2. The maximum absolute atomic E-state index is 6.02. The van der Waals surface area contributed by atoms with Crippen LogP contribution in [0.3, 0.4) is 0 Å². The van der Waals surface area contributed by atoms with Crippen LogP contribution in [-0.4, -0.2) is 41.5 Å². The Morgan fingerprint density at radius 1 is 0.943 bits per heavy atom. The van der Waals surface area contributed by atoms with Crippen molar-refractivity contribution in [1.82, 2.24) is 15.2 Å². The molecule has 0 spiro atoms. The highest BCUT2D eigenvalue weighted by Crippen LogP contribution is 2.33. The molecule has 0 saturated carbocycles. The van der Waals surface area contributed by atoms with Crippen molar-refractivity contribution in [3.8, 4) is 11.5 Å². The van der Waals surface area contributed by atoms with Gasteiger partial charge < -0.3 is 24.1 Å². The van der Waals surface area contributed by atoms with Gasteiger partial charge in [0.1, 0.15) is 11.3 Å². The molecule has 0 aliphatic carbocycles. The molecular formula is C27H25N5O3. The van der Waals surface area contributed by atoms with Crippen LogP contribution in [0.1, 0.15) is 12.8 Å². The number of rotatable bonds is 6. The molecule has 1 N–H and O–H groups in total. The van der Waals surface area contributed by atoms with Crippen molar-refractivity contribution in [1.29, 1.82) is 0 Å². The molecule has 35 heavy (non-hydrogen) atoms. The van der Waals surface area contributed by atoms with Crippen LogP contribution >= 0.6 is 0 Å². The highest BCUT2D eigenvalue weighted by atomic mass is 16.5. The molecule has 176 valence electrons. The van der Waals surface area contributed by atoms with Gasteiger partial charge in [0.15, 0.2) is 23.0 Å². The zero-order valence-electron chi connectivity index (χ0n) is 19.3. The molecule has 0 amide bonds. The summed E-state index contributed by atoms with van der Waals surface area (Å²) in [5, 5.41) is 14.7. The van der Waals surface area contributed by atoms with Crippen molar-refractivity contribution in [2.45, 2.75) is 18.9 Å². The number of hydrogen-bond donors (Lipinski definition) is 1. The van der Waals surface area contributed by atoms with E-state index in [0.29, 0.717) is 23.2 Å². The first kappa shape index (κ1) is 21.4. The van der Waals surface area contributed by atoms with E-state index >= 15 is 0 Å². The molecule has 0 atom stereocenters. The second-order valence-corrected chi connectivity index (χ2v) is 8.54. The lowest BCUT2D eigenvalue weighted by molar-refractivity contribution is 0.0818. The van der Waals surface area contributed by atoms with Gasteiger partial charge >= 0.3 is 0 Å². The van der Waals surface area contributed by atoms with Crippen molar-refractivity contribution >= 4 is 39.2 Å². The smallest absolute Gasteiger partial charge is 0.194 e. The Labute approximate surface area is 202 Å². The average molecular weight is 468 g/mol. The molecule has 5 aromatic rings. The van der Waals surface area contributed by atoms with Crippen LogP contribution in [0.15, 0.2) is 77.5 Å². The van der Waals surface area contributed by atoms with Gasteiger partial charge in [-0.3, -0.25) is 4.98 Å².